The predicted octanol–water partition coefficient (Wildman–Crippen LogP) is 7.25. The molecule has 14 heteroatoms. The summed E-state index contributed by atoms with van der Waals surface area (Å²) in [5, 5.41) is 5.31. The van der Waals surface area contributed by atoms with Crippen molar-refractivity contribution in [2.24, 2.45) is 0 Å². The Kier molecular flexibility index (Phi) is 12.5. The molecule has 0 radical (unpaired) electrons. The molecule has 2 aromatic heterocycles. The zero-order valence-electron chi connectivity index (χ0n) is 34.3. The molecule has 6 aromatic rings. The normalized spacial score (nSPS) is 15.6. The minimum absolute atomic E-state index is 0.0321. The van der Waals surface area contributed by atoms with Crippen LogP contribution in [0.15, 0.2) is 144 Å². The van der Waals surface area contributed by atoms with Crippen molar-refractivity contribution in [3.63, 3.8) is 0 Å². The number of unbranched alkanes of at least 4 members (excludes halogenated alkanes) is 1. The lowest BCUT2D eigenvalue weighted by molar-refractivity contribution is -0.136. The summed E-state index contributed by atoms with van der Waals surface area (Å²) in [4.78, 5) is 86.0. The van der Waals surface area contributed by atoms with Crippen LogP contribution in [-0.2, 0) is 14.4 Å². The summed E-state index contributed by atoms with van der Waals surface area (Å²) in [6.45, 7) is 2.43. The molecular weight excluding hydrogens is 803 g/mol. The molecule has 8 rings (SSSR count). The number of carbonyl (C=O) groups is 6. The highest BCUT2D eigenvalue weighted by Gasteiger charge is 2.46. The van der Waals surface area contributed by atoms with Crippen LogP contribution in [0.2, 0.25) is 0 Å². The van der Waals surface area contributed by atoms with Gasteiger partial charge in [0.1, 0.15) is 23.6 Å². The van der Waals surface area contributed by atoms with Gasteiger partial charge < -0.3 is 19.2 Å². The molecular formula is C49H43N5O9. The van der Waals surface area contributed by atoms with Crippen molar-refractivity contribution in [3.05, 3.63) is 168 Å². The summed E-state index contributed by atoms with van der Waals surface area (Å²) in [7, 11) is 0. The van der Waals surface area contributed by atoms with Gasteiger partial charge >= 0.3 is 0 Å². The van der Waals surface area contributed by atoms with E-state index in [1.54, 1.807) is 48.8 Å². The van der Waals surface area contributed by atoms with Gasteiger partial charge in [-0.1, -0.05) is 66.7 Å². The maximum absolute atomic E-state index is 14.5. The summed E-state index contributed by atoms with van der Waals surface area (Å²) in [6.07, 6.45) is 5.84. The van der Waals surface area contributed by atoms with Gasteiger partial charge in [0.05, 0.1) is 36.6 Å². The van der Waals surface area contributed by atoms with Crippen LogP contribution in [0.1, 0.15) is 87.1 Å². The predicted molar refractivity (Wildman–Crippen MR) is 231 cm³/mol. The van der Waals surface area contributed by atoms with Crippen LogP contribution < -0.4 is 25.0 Å². The van der Waals surface area contributed by atoms with E-state index in [4.69, 9.17) is 13.9 Å². The number of amides is 6. The molecule has 0 saturated carbocycles. The lowest BCUT2D eigenvalue weighted by Crippen LogP contribution is -2.54. The molecule has 0 aliphatic carbocycles. The van der Waals surface area contributed by atoms with Crippen LogP contribution >= 0.6 is 0 Å². The largest absolute Gasteiger partial charge is 0.494 e. The molecule has 63 heavy (non-hydrogen) atoms. The number of fused-ring (bicyclic) bond motifs is 1. The van der Waals surface area contributed by atoms with Gasteiger partial charge in [-0.2, -0.15) is 0 Å². The molecule has 1 fully saturated rings. The maximum Gasteiger partial charge on any atom is 0.294 e. The second-order valence-electron chi connectivity index (χ2n) is 15.1. The first kappa shape index (κ1) is 41.8. The van der Waals surface area contributed by atoms with Crippen molar-refractivity contribution >= 4 is 41.1 Å². The molecule has 2 N–H and O–H groups in total. The average Bonchev–Trinajstić information content (AvgIpc) is 3.94. The van der Waals surface area contributed by atoms with Gasteiger partial charge in [0, 0.05) is 30.1 Å². The van der Waals surface area contributed by atoms with Crippen molar-refractivity contribution in [2.45, 2.75) is 50.7 Å². The van der Waals surface area contributed by atoms with Gasteiger partial charge in [-0.05, 0) is 97.5 Å². The molecule has 0 spiro atoms. The average molecular weight is 846 g/mol. The number of hydrogen-bond donors (Lipinski definition) is 2. The smallest absolute Gasteiger partial charge is 0.294 e. The van der Waals surface area contributed by atoms with Gasteiger partial charge in [0.15, 0.2) is 5.76 Å². The Labute approximate surface area is 362 Å². The Hall–Kier alpha value is -7.87. The maximum atomic E-state index is 14.5. The zero-order valence-corrected chi connectivity index (χ0v) is 34.3. The van der Waals surface area contributed by atoms with Gasteiger partial charge in [-0.15, -0.1) is 0 Å². The molecule has 2 aliphatic heterocycles. The monoisotopic (exact) mass is 845 g/mol. The summed E-state index contributed by atoms with van der Waals surface area (Å²) in [6, 6.07) is 33.4. The van der Waals surface area contributed by atoms with Crippen LogP contribution in [0.25, 0.3) is 11.1 Å². The molecule has 4 aromatic carbocycles. The van der Waals surface area contributed by atoms with Gasteiger partial charge in [0.25, 0.3) is 17.7 Å². The van der Waals surface area contributed by atoms with E-state index in [0.717, 1.165) is 21.6 Å². The van der Waals surface area contributed by atoms with Crippen molar-refractivity contribution in [2.75, 3.05) is 18.1 Å². The van der Waals surface area contributed by atoms with E-state index in [9.17, 15) is 28.8 Å². The highest BCUT2D eigenvalue weighted by Crippen LogP contribution is 2.35. The quantitative estimate of drug-likeness (QED) is 0.0746. The van der Waals surface area contributed by atoms with Crippen LogP contribution in [-0.4, -0.2) is 64.6 Å². The molecule has 2 aliphatic rings. The summed E-state index contributed by atoms with van der Waals surface area (Å²) >= 11 is 0. The minimum atomic E-state index is -1.12. The molecule has 1 saturated heterocycles. The fourth-order valence-electron chi connectivity index (χ4n) is 7.73. The van der Waals surface area contributed by atoms with Crippen LogP contribution in [0.5, 0.6) is 11.5 Å². The van der Waals surface area contributed by atoms with Crippen LogP contribution in [0.3, 0.4) is 0 Å². The number of benzene rings is 4. The number of carbonyl (C=O) groups excluding carboxylic acids is 6. The van der Waals surface area contributed by atoms with Crippen LogP contribution in [0, 0.1) is 0 Å². The molecule has 6 amide bonds. The molecule has 318 valence electrons. The van der Waals surface area contributed by atoms with E-state index < -0.39 is 53.6 Å². The van der Waals surface area contributed by atoms with E-state index in [1.807, 2.05) is 85.8 Å². The first-order valence-corrected chi connectivity index (χ1v) is 20.6. The Morgan fingerprint density at radius 3 is 2.30 bits per heavy atom. The third-order valence-electron chi connectivity index (χ3n) is 10.9. The first-order valence-electron chi connectivity index (χ1n) is 20.6. The number of pyridine rings is 1. The molecule has 14 nitrogen and oxygen atoms in total. The third kappa shape index (κ3) is 9.10. The first-order chi connectivity index (χ1) is 30.7. The Morgan fingerprint density at radius 2 is 1.57 bits per heavy atom. The number of ether oxygens (including phenoxy) is 2. The van der Waals surface area contributed by atoms with Crippen LogP contribution in [0.4, 0.5) is 5.69 Å². The van der Waals surface area contributed by atoms with Gasteiger partial charge in [-0.3, -0.25) is 48.9 Å². The van der Waals surface area contributed by atoms with Crippen molar-refractivity contribution < 1.29 is 42.7 Å². The molecule has 2 unspecified atom stereocenters. The summed E-state index contributed by atoms with van der Waals surface area (Å²) < 4.78 is 17.6. The van der Waals surface area contributed by atoms with E-state index in [-0.39, 0.29) is 42.1 Å². The third-order valence-corrected chi connectivity index (χ3v) is 10.9. The van der Waals surface area contributed by atoms with E-state index in [1.165, 1.54) is 17.2 Å². The van der Waals surface area contributed by atoms with Gasteiger partial charge in [0.2, 0.25) is 17.7 Å². The number of rotatable bonds is 16. The fourth-order valence-corrected chi connectivity index (χ4v) is 7.73. The molecule has 0 bridgehead atoms. The Balaban J connectivity index is 0.904. The van der Waals surface area contributed by atoms with E-state index >= 15 is 0 Å². The lowest BCUT2D eigenvalue weighted by Gasteiger charge is -2.31. The Morgan fingerprint density at radius 1 is 0.825 bits per heavy atom. The standard InChI is InChI=1S/C49H43N5O9/c1-31(51-46(57)44(35-14-9-25-50-30-35)53(48(59)41-18-10-28-63-41)36-21-19-33(20-22-36)32-11-3-2-4-12-32)34-13-7-15-37(29-34)61-26-5-6-27-62-40-17-8-16-38-43(40)49(60)54(47(38)58)39-23-24-42(55)52-45(39)56/h2-4,7-22,25,28-31,39,44H,5-6,23-24,26-27H2,1H3,(H,51,57)(H,52,55,56)/t31-,39?,44?/m1/s1. The number of nitrogens with one attached hydrogen (secondary N) is 2. The second-order valence-corrected chi connectivity index (χ2v) is 15.1. The van der Waals surface area contributed by atoms with E-state index in [2.05, 4.69) is 15.6 Å². The highest BCUT2D eigenvalue weighted by molar-refractivity contribution is 6.24. The Bertz CT molecular complexity index is 2640. The summed E-state index contributed by atoms with van der Waals surface area (Å²) in [5.74, 6) is -2.38. The number of piperidine rings is 1. The minimum Gasteiger partial charge on any atom is -0.494 e. The lowest BCUT2D eigenvalue weighted by atomic mass is 10.0. The molecule has 3 atom stereocenters. The molecule has 4 heterocycles. The SMILES string of the molecule is C[C@@H](NC(=O)C(c1cccnc1)N(C(=O)c1ccco1)c1ccc(-c2ccccc2)cc1)c1cccc(OCCCCOc2cccc3c2C(=O)N(C2CCC(=O)NC2=O)C3=O)c1. The number of anilines is 1. The summed E-state index contributed by atoms with van der Waals surface area (Å²) in [5.41, 5.74) is 3.97. The highest BCUT2D eigenvalue weighted by atomic mass is 16.5. The topological polar surface area (TPSA) is 177 Å². The van der Waals surface area contributed by atoms with Crippen molar-refractivity contribution in [1.82, 2.24) is 20.5 Å². The number of furan rings is 1. The van der Waals surface area contributed by atoms with Crippen molar-refractivity contribution in [3.8, 4) is 22.6 Å². The number of aromatic nitrogens is 1. The van der Waals surface area contributed by atoms with Gasteiger partial charge in [-0.25, -0.2) is 0 Å². The van der Waals surface area contributed by atoms with E-state index in [0.29, 0.717) is 36.4 Å². The van der Waals surface area contributed by atoms with Crippen molar-refractivity contribution in [1.29, 1.82) is 0 Å². The number of hydrogen-bond acceptors (Lipinski definition) is 10. The zero-order chi connectivity index (χ0) is 43.9. The number of imide groups is 2. The number of nitrogens with zero attached hydrogens (tertiary/aromatic N) is 3. The fraction of sp³-hybridized carbons (Fsp3) is 0.204. The second kappa shape index (κ2) is 18.8.